The highest BCUT2D eigenvalue weighted by Gasteiger charge is 1.97. The Morgan fingerprint density at radius 2 is 2.21 bits per heavy atom. The summed E-state index contributed by atoms with van der Waals surface area (Å²) >= 11 is 0. The summed E-state index contributed by atoms with van der Waals surface area (Å²) in [7, 11) is 3.56. The van der Waals surface area contributed by atoms with Gasteiger partial charge in [-0.25, -0.2) is 4.99 Å². The summed E-state index contributed by atoms with van der Waals surface area (Å²) < 4.78 is 0. The number of aliphatic imine (C=N–C) groups is 1. The van der Waals surface area contributed by atoms with E-state index >= 15 is 0 Å². The van der Waals surface area contributed by atoms with E-state index < -0.39 is 0 Å². The van der Waals surface area contributed by atoms with E-state index in [4.69, 9.17) is 0 Å². The van der Waals surface area contributed by atoms with E-state index in [9.17, 15) is 4.79 Å². The lowest BCUT2D eigenvalue weighted by atomic mass is 10.3. The lowest BCUT2D eigenvalue weighted by molar-refractivity contribution is -0.117. The molecule has 0 atom stereocenters. The van der Waals surface area contributed by atoms with Gasteiger partial charge < -0.3 is 10.2 Å². The summed E-state index contributed by atoms with van der Waals surface area (Å²) in [5, 5.41) is 2.53. The summed E-state index contributed by atoms with van der Waals surface area (Å²) in [6, 6.07) is 0. The van der Waals surface area contributed by atoms with Crippen molar-refractivity contribution >= 4 is 12.2 Å². The van der Waals surface area contributed by atoms with Gasteiger partial charge >= 0.3 is 0 Å². The second kappa shape index (κ2) is 7.12. The first-order valence-electron chi connectivity index (χ1n) is 4.74. The molecular formula is C10H19N3O. The minimum atomic E-state index is -0.0969. The second-order valence-electron chi connectivity index (χ2n) is 3.14. The van der Waals surface area contributed by atoms with E-state index in [0.717, 1.165) is 13.0 Å². The van der Waals surface area contributed by atoms with Gasteiger partial charge in [0.2, 0.25) is 5.91 Å². The van der Waals surface area contributed by atoms with Crippen molar-refractivity contribution < 1.29 is 4.79 Å². The molecule has 0 saturated heterocycles. The van der Waals surface area contributed by atoms with Crippen LogP contribution in [-0.4, -0.2) is 37.8 Å². The first kappa shape index (κ1) is 12.7. The first-order chi connectivity index (χ1) is 6.61. The zero-order valence-electron chi connectivity index (χ0n) is 9.37. The molecule has 0 bridgehead atoms. The number of hydrogen-bond acceptors (Lipinski definition) is 2. The maximum Gasteiger partial charge on any atom is 0.248 e. The molecule has 0 heterocycles. The van der Waals surface area contributed by atoms with Crippen molar-refractivity contribution in [1.29, 1.82) is 0 Å². The topological polar surface area (TPSA) is 44.7 Å². The number of rotatable bonds is 5. The largest absolute Gasteiger partial charge is 0.366 e. The van der Waals surface area contributed by atoms with Crippen molar-refractivity contribution in [2.24, 2.45) is 4.99 Å². The Labute approximate surface area is 85.7 Å². The number of nitrogens with zero attached hydrogens (tertiary/aromatic N) is 2. The predicted octanol–water partition coefficient (Wildman–Crippen LogP) is 1.01. The normalized spacial score (nSPS) is 11.9. The lowest BCUT2D eigenvalue weighted by Crippen LogP contribution is -2.18. The van der Waals surface area contributed by atoms with Gasteiger partial charge in [-0.1, -0.05) is 6.92 Å². The van der Waals surface area contributed by atoms with E-state index in [1.165, 1.54) is 0 Å². The van der Waals surface area contributed by atoms with Crippen molar-refractivity contribution in [2.75, 3.05) is 20.6 Å². The summed E-state index contributed by atoms with van der Waals surface area (Å²) in [6.07, 6.45) is 4.36. The van der Waals surface area contributed by atoms with Crippen LogP contribution in [0, 0.1) is 0 Å². The summed E-state index contributed by atoms with van der Waals surface area (Å²) in [4.78, 5) is 17.1. The van der Waals surface area contributed by atoms with Crippen LogP contribution in [0.25, 0.3) is 0 Å². The van der Waals surface area contributed by atoms with Crippen LogP contribution in [0.15, 0.2) is 16.8 Å². The van der Waals surface area contributed by atoms with Crippen molar-refractivity contribution in [1.82, 2.24) is 10.2 Å². The van der Waals surface area contributed by atoms with Crippen LogP contribution >= 0.6 is 0 Å². The van der Waals surface area contributed by atoms with Gasteiger partial charge in [-0.15, -0.1) is 0 Å². The van der Waals surface area contributed by atoms with Crippen molar-refractivity contribution in [2.45, 2.75) is 20.3 Å². The van der Waals surface area contributed by atoms with Gasteiger partial charge in [0.05, 0.1) is 6.34 Å². The third-order valence-corrected chi connectivity index (χ3v) is 1.69. The van der Waals surface area contributed by atoms with Gasteiger partial charge in [-0.2, -0.15) is 0 Å². The first-order valence-corrected chi connectivity index (χ1v) is 4.74. The molecule has 0 aliphatic rings. The highest BCUT2D eigenvalue weighted by Crippen LogP contribution is 1.92. The zero-order chi connectivity index (χ0) is 11.0. The lowest BCUT2D eigenvalue weighted by Gasteiger charge is -2.09. The van der Waals surface area contributed by atoms with Gasteiger partial charge in [-0.3, -0.25) is 4.79 Å². The van der Waals surface area contributed by atoms with E-state index in [0.29, 0.717) is 5.57 Å². The molecule has 0 aromatic carbocycles. The Bertz CT molecular complexity index is 234. The van der Waals surface area contributed by atoms with Crippen molar-refractivity contribution in [3.05, 3.63) is 11.8 Å². The van der Waals surface area contributed by atoms with Crippen LogP contribution in [0.1, 0.15) is 20.3 Å². The van der Waals surface area contributed by atoms with Crippen LogP contribution in [-0.2, 0) is 4.79 Å². The number of carbonyl (C=O) groups excluding carboxylic acids is 1. The summed E-state index contributed by atoms with van der Waals surface area (Å²) in [6.45, 7) is 4.81. The zero-order valence-corrected chi connectivity index (χ0v) is 9.37. The molecule has 0 rings (SSSR count). The molecule has 0 radical (unpaired) electrons. The molecule has 0 aromatic rings. The van der Waals surface area contributed by atoms with Gasteiger partial charge in [-0.05, 0) is 13.3 Å². The Balaban J connectivity index is 4.06. The predicted molar refractivity (Wildman–Crippen MR) is 59.2 cm³/mol. The van der Waals surface area contributed by atoms with Crippen molar-refractivity contribution in [3.63, 3.8) is 0 Å². The fourth-order valence-corrected chi connectivity index (χ4v) is 0.925. The SMILES string of the molecule is CCCN(C)C=N/C=C(/C)C(=O)NC. The molecule has 4 heteroatoms. The molecule has 0 aliphatic carbocycles. The Hall–Kier alpha value is -1.32. The molecule has 14 heavy (non-hydrogen) atoms. The van der Waals surface area contributed by atoms with Crippen LogP contribution in [0.4, 0.5) is 0 Å². The smallest absolute Gasteiger partial charge is 0.248 e. The number of amides is 1. The van der Waals surface area contributed by atoms with Crippen molar-refractivity contribution in [3.8, 4) is 0 Å². The molecule has 0 saturated carbocycles. The molecule has 4 nitrogen and oxygen atoms in total. The minimum Gasteiger partial charge on any atom is -0.366 e. The van der Waals surface area contributed by atoms with Gasteiger partial charge in [0.1, 0.15) is 0 Å². The van der Waals surface area contributed by atoms with Gasteiger partial charge in [0, 0.05) is 32.4 Å². The monoisotopic (exact) mass is 197 g/mol. The molecule has 0 aliphatic heterocycles. The van der Waals surface area contributed by atoms with E-state index in [2.05, 4.69) is 17.2 Å². The number of hydrogen-bond donors (Lipinski definition) is 1. The Morgan fingerprint density at radius 1 is 1.57 bits per heavy atom. The molecule has 1 amide bonds. The number of likely N-dealkylation sites (N-methyl/N-ethyl adjacent to an activating group) is 1. The number of carbonyl (C=O) groups is 1. The van der Waals surface area contributed by atoms with Crippen LogP contribution in [0.5, 0.6) is 0 Å². The standard InChI is InChI=1S/C10H19N3O/c1-5-6-13(4)8-12-7-9(2)10(14)11-3/h7-8H,5-6H2,1-4H3,(H,11,14)/b9-7-,12-8?. The van der Waals surface area contributed by atoms with Gasteiger partial charge in [0.25, 0.3) is 0 Å². The molecule has 0 spiro atoms. The fraction of sp³-hybridized carbons (Fsp3) is 0.600. The van der Waals surface area contributed by atoms with E-state index in [1.54, 1.807) is 26.5 Å². The maximum atomic E-state index is 11.0. The summed E-state index contributed by atoms with van der Waals surface area (Å²) in [5.41, 5.74) is 0.605. The summed E-state index contributed by atoms with van der Waals surface area (Å²) in [5.74, 6) is -0.0969. The van der Waals surface area contributed by atoms with E-state index in [-0.39, 0.29) is 5.91 Å². The highest BCUT2D eigenvalue weighted by molar-refractivity contribution is 5.92. The second-order valence-corrected chi connectivity index (χ2v) is 3.14. The maximum absolute atomic E-state index is 11.0. The molecular weight excluding hydrogens is 178 g/mol. The van der Waals surface area contributed by atoms with Crippen LogP contribution in [0.2, 0.25) is 0 Å². The average molecular weight is 197 g/mol. The Morgan fingerprint density at radius 3 is 2.71 bits per heavy atom. The third-order valence-electron chi connectivity index (χ3n) is 1.69. The van der Waals surface area contributed by atoms with E-state index in [1.807, 2.05) is 11.9 Å². The highest BCUT2D eigenvalue weighted by atomic mass is 16.1. The molecule has 80 valence electrons. The minimum absolute atomic E-state index is 0.0969. The molecule has 0 aromatic heterocycles. The quantitative estimate of drug-likeness (QED) is 0.406. The van der Waals surface area contributed by atoms with Gasteiger partial charge in [0.15, 0.2) is 0 Å². The van der Waals surface area contributed by atoms with Crippen LogP contribution in [0.3, 0.4) is 0 Å². The fourth-order valence-electron chi connectivity index (χ4n) is 0.925. The Kier molecular flexibility index (Phi) is 6.45. The molecule has 1 N–H and O–H groups in total. The van der Waals surface area contributed by atoms with Crippen LogP contribution < -0.4 is 5.32 Å². The third kappa shape index (κ3) is 5.35. The number of nitrogens with one attached hydrogen (secondary N) is 1. The molecule has 0 unspecified atom stereocenters. The average Bonchev–Trinajstić information content (AvgIpc) is 2.16. The molecule has 0 fully saturated rings.